The highest BCUT2D eigenvalue weighted by atomic mass is 16.1. The molecule has 1 aromatic heterocycles. The second-order valence-electron chi connectivity index (χ2n) is 4.43. The number of H-pyrrole nitrogens is 1. The van der Waals surface area contributed by atoms with Crippen molar-refractivity contribution in [3.05, 3.63) is 51.4 Å². The van der Waals surface area contributed by atoms with Crippen LogP contribution in [0.15, 0.2) is 29.2 Å². The Hall–Kier alpha value is -1.94. The second-order valence-corrected chi connectivity index (χ2v) is 4.43. The summed E-state index contributed by atoms with van der Waals surface area (Å²) in [4.78, 5) is 19.0. The Labute approximate surface area is 106 Å². The lowest BCUT2D eigenvalue weighted by Gasteiger charge is -2.07. The van der Waals surface area contributed by atoms with Crippen LogP contribution in [0.3, 0.4) is 0 Å². The number of rotatable bonds is 3. The van der Waals surface area contributed by atoms with E-state index in [4.69, 9.17) is 0 Å². The highest BCUT2D eigenvalue weighted by molar-refractivity contribution is 5.60. The van der Waals surface area contributed by atoms with E-state index in [-0.39, 0.29) is 5.56 Å². The fourth-order valence-electron chi connectivity index (χ4n) is 1.87. The first-order valence-electron chi connectivity index (χ1n) is 5.92. The Bertz CT molecular complexity index is 617. The molecule has 0 aliphatic rings. The predicted molar refractivity (Wildman–Crippen MR) is 72.5 cm³/mol. The van der Waals surface area contributed by atoms with Crippen molar-refractivity contribution in [2.45, 2.75) is 20.4 Å². The first-order valence-corrected chi connectivity index (χ1v) is 5.92. The average Bonchev–Trinajstić information content (AvgIpc) is 2.35. The molecule has 1 heterocycles. The molecule has 0 fully saturated rings. The molecule has 0 radical (unpaired) electrons. The predicted octanol–water partition coefficient (Wildman–Crippen LogP) is 1.77. The van der Waals surface area contributed by atoms with Gasteiger partial charge in [-0.2, -0.15) is 0 Å². The van der Waals surface area contributed by atoms with Crippen molar-refractivity contribution in [1.29, 1.82) is 0 Å². The molecule has 0 saturated carbocycles. The molecule has 0 aliphatic carbocycles. The Kier molecular flexibility index (Phi) is 3.58. The monoisotopic (exact) mass is 243 g/mol. The van der Waals surface area contributed by atoms with Gasteiger partial charge >= 0.3 is 0 Å². The maximum Gasteiger partial charge on any atom is 0.255 e. The minimum atomic E-state index is -0.0877. The van der Waals surface area contributed by atoms with Crippen LogP contribution >= 0.6 is 0 Å². The fourth-order valence-corrected chi connectivity index (χ4v) is 1.87. The summed E-state index contributed by atoms with van der Waals surface area (Å²) in [5, 5.41) is 2.94. The number of aryl methyl sites for hydroxylation is 2. The largest absolute Gasteiger partial charge is 0.315 e. The lowest BCUT2D eigenvalue weighted by Crippen LogP contribution is -2.19. The van der Waals surface area contributed by atoms with E-state index in [1.54, 1.807) is 13.2 Å². The molecule has 0 saturated heterocycles. The summed E-state index contributed by atoms with van der Waals surface area (Å²) in [6.07, 6.45) is 1.63. The molecule has 18 heavy (non-hydrogen) atoms. The number of aromatic amines is 1. The SMILES string of the molecule is CNCc1cnc(-c2cc(C)ccc2C)[nH]c1=O. The van der Waals surface area contributed by atoms with E-state index in [9.17, 15) is 4.79 Å². The number of nitrogens with zero attached hydrogens (tertiary/aromatic N) is 1. The van der Waals surface area contributed by atoms with Gasteiger partial charge in [-0.05, 0) is 32.5 Å². The minimum absolute atomic E-state index is 0.0877. The van der Waals surface area contributed by atoms with Crippen LogP contribution in [-0.4, -0.2) is 17.0 Å². The van der Waals surface area contributed by atoms with Gasteiger partial charge in [0.05, 0.1) is 0 Å². The van der Waals surface area contributed by atoms with Gasteiger partial charge in [-0.25, -0.2) is 4.98 Å². The zero-order valence-corrected chi connectivity index (χ0v) is 10.9. The number of nitrogens with one attached hydrogen (secondary N) is 2. The van der Waals surface area contributed by atoms with E-state index < -0.39 is 0 Å². The van der Waals surface area contributed by atoms with Crippen LogP contribution in [0.25, 0.3) is 11.4 Å². The molecule has 0 spiro atoms. The third-order valence-electron chi connectivity index (χ3n) is 2.89. The number of aromatic nitrogens is 2. The van der Waals surface area contributed by atoms with Crippen molar-refractivity contribution >= 4 is 0 Å². The first kappa shape index (κ1) is 12.5. The van der Waals surface area contributed by atoms with Crippen molar-refractivity contribution in [3.63, 3.8) is 0 Å². The molecule has 0 unspecified atom stereocenters. The van der Waals surface area contributed by atoms with Crippen LogP contribution in [-0.2, 0) is 6.54 Å². The minimum Gasteiger partial charge on any atom is -0.315 e. The lowest BCUT2D eigenvalue weighted by atomic mass is 10.1. The summed E-state index contributed by atoms with van der Waals surface area (Å²) in [7, 11) is 1.80. The van der Waals surface area contributed by atoms with Gasteiger partial charge in [0.2, 0.25) is 0 Å². The van der Waals surface area contributed by atoms with Gasteiger partial charge < -0.3 is 10.3 Å². The fraction of sp³-hybridized carbons (Fsp3) is 0.286. The third-order valence-corrected chi connectivity index (χ3v) is 2.89. The van der Waals surface area contributed by atoms with Crippen LogP contribution in [0.4, 0.5) is 0 Å². The molecule has 0 bridgehead atoms. The van der Waals surface area contributed by atoms with E-state index in [2.05, 4.69) is 15.3 Å². The van der Waals surface area contributed by atoms with Crippen LogP contribution in [0.5, 0.6) is 0 Å². The van der Waals surface area contributed by atoms with Crippen LogP contribution in [0.1, 0.15) is 16.7 Å². The summed E-state index contributed by atoms with van der Waals surface area (Å²) in [5.74, 6) is 0.626. The second kappa shape index (κ2) is 5.14. The zero-order valence-electron chi connectivity index (χ0n) is 10.9. The summed E-state index contributed by atoms with van der Waals surface area (Å²) < 4.78 is 0. The Balaban J connectivity index is 2.49. The summed E-state index contributed by atoms with van der Waals surface area (Å²) in [6.45, 7) is 4.56. The lowest BCUT2D eigenvalue weighted by molar-refractivity contribution is 0.798. The number of benzene rings is 1. The van der Waals surface area contributed by atoms with Crippen molar-refractivity contribution in [3.8, 4) is 11.4 Å². The van der Waals surface area contributed by atoms with E-state index in [1.165, 1.54) is 0 Å². The molecular formula is C14H17N3O. The molecule has 4 heteroatoms. The van der Waals surface area contributed by atoms with Crippen LogP contribution in [0, 0.1) is 13.8 Å². The van der Waals surface area contributed by atoms with Gasteiger partial charge in [-0.15, -0.1) is 0 Å². The third kappa shape index (κ3) is 2.49. The van der Waals surface area contributed by atoms with E-state index >= 15 is 0 Å². The zero-order chi connectivity index (χ0) is 13.1. The van der Waals surface area contributed by atoms with Gasteiger partial charge in [0, 0.05) is 23.9 Å². The standard InChI is InChI=1S/C14H17N3O/c1-9-4-5-10(2)12(6-9)13-16-8-11(7-15-3)14(18)17-13/h4-6,8,15H,7H2,1-3H3,(H,16,17,18). The van der Waals surface area contributed by atoms with Gasteiger partial charge in [0.1, 0.15) is 5.82 Å². The summed E-state index contributed by atoms with van der Waals surface area (Å²) in [6, 6.07) is 6.11. The number of hydrogen-bond donors (Lipinski definition) is 2. The van der Waals surface area contributed by atoms with Crippen molar-refractivity contribution in [1.82, 2.24) is 15.3 Å². The van der Waals surface area contributed by atoms with E-state index in [1.807, 2.05) is 32.0 Å². The van der Waals surface area contributed by atoms with Gasteiger partial charge in [-0.3, -0.25) is 4.79 Å². The topological polar surface area (TPSA) is 57.8 Å². The maximum absolute atomic E-state index is 11.9. The Morgan fingerprint density at radius 1 is 1.33 bits per heavy atom. The van der Waals surface area contributed by atoms with Gasteiger partial charge in [0.15, 0.2) is 0 Å². The molecule has 2 rings (SSSR count). The Morgan fingerprint density at radius 3 is 2.78 bits per heavy atom. The molecule has 2 aromatic rings. The first-order chi connectivity index (χ1) is 8.61. The van der Waals surface area contributed by atoms with Crippen molar-refractivity contribution in [2.24, 2.45) is 0 Å². The average molecular weight is 243 g/mol. The molecular weight excluding hydrogens is 226 g/mol. The molecule has 4 nitrogen and oxygen atoms in total. The molecule has 0 amide bonds. The molecule has 94 valence electrons. The highest BCUT2D eigenvalue weighted by Crippen LogP contribution is 2.19. The van der Waals surface area contributed by atoms with Crippen LogP contribution < -0.4 is 10.9 Å². The normalized spacial score (nSPS) is 10.6. The molecule has 2 N–H and O–H groups in total. The molecule has 1 aromatic carbocycles. The summed E-state index contributed by atoms with van der Waals surface area (Å²) >= 11 is 0. The van der Waals surface area contributed by atoms with Crippen molar-refractivity contribution in [2.75, 3.05) is 7.05 Å². The molecule has 0 atom stereocenters. The van der Waals surface area contributed by atoms with Crippen molar-refractivity contribution < 1.29 is 0 Å². The van der Waals surface area contributed by atoms with Gasteiger partial charge in [0.25, 0.3) is 5.56 Å². The Morgan fingerprint density at radius 2 is 2.11 bits per heavy atom. The highest BCUT2D eigenvalue weighted by Gasteiger charge is 2.07. The van der Waals surface area contributed by atoms with E-state index in [0.717, 1.165) is 16.7 Å². The van der Waals surface area contributed by atoms with E-state index in [0.29, 0.717) is 17.9 Å². The van der Waals surface area contributed by atoms with Crippen LogP contribution in [0.2, 0.25) is 0 Å². The smallest absolute Gasteiger partial charge is 0.255 e. The van der Waals surface area contributed by atoms with Gasteiger partial charge in [-0.1, -0.05) is 17.7 Å². The molecule has 0 aliphatic heterocycles. The maximum atomic E-state index is 11.9. The quantitative estimate of drug-likeness (QED) is 0.863. The number of hydrogen-bond acceptors (Lipinski definition) is 3. The summed E-state index contributed by atoms with van der Waals surface area (Å²) in [5.41, 5.74) is 3.78.